The second-order valence-corrected chi connectivity index (χ2v) is 3.55. The molecule has 0 aliphatic carbocycles. The predicted molar refractivity (Wildman–Crippen MR) is 57.2 cm³/mol. The molecule has 2 nitrogen and oxygen atoms in total. The van der Waals surface area contributed by atoms with Crippen LogP contribution in [-0.4, -0.2) is 10.2 Å². The molecule has 0 aliphatic rings. The summed E-state index contributed by atoms with van der Waals surface area (Å²) in [6.45, 7) is 0. The van der Waals surface area contributed by atoms with E-state index in [1.165, 1.54) is 0 Å². The molecule has 2 rings (SSSR count). The zero-order chi connectivity index (χ0) is 9.26. The van der Waals surface area contributed by atoms with Crippen LogP contribution in [-0.2, 0) is 5.33 Å². The molecule has 0 aliphatic heterocycles. The van der Waals surface area contributed by atoms with Crippen LogP contribution < -0.4 is 0 Å². The highest BCUT2D eigenvalue weighted by Gasteiger charge is 2.05. The Labute approximate surface area is 89.1 Å². The second-order valence-electron chi connectivity index (χ2n) is 2.61. The van der Waals surface area contributed by atoms with Gasteiger partial charge in [0.05, 0.1) is 16.2 Å². The first kappa shape index (κ1) is 8.91. The molecule has 2 aromatic rings. The van der Waals surface area contributed by atoms with Crippen molar-refractivity contribution in [1.82, 2.24) is 10.2 Å². The number of hydrogen-bond donors (Lipinski definition) is 0. The summed E-state index contributed by atoms with van der Waals surface area (Å²) in [6, 6.07) is 7.69. The highest BCUT2D eigenvalue weighted by Crippen LogP contribution is 2.24. The Hall–Kier alpha value is -0.670. The Morgan fingerprint density at radius 1 is 1.23 bits per heavy atom. The maximum atomic E-state index is 6.11. The standard InChI is InChI=1S/C9H6BrClN2/c10-5-8-9(11)6-3-1-2-4-7(6)12-13-8/h1-4H,5H2. The molecule has 0 unspecified atom stereocenters. The smallest absolute Gasteiger partial charge is 0.0944 e. The van der Waals surface area contributed by atoms with Crippen molar-refractivity contribution < 1.29 is 0 Å². The van der Waals surface area contributed by atoms with Gasteiger partial charge >= 0.3 is 0 Å². The largest absolute Gasteiger partial charge is 0.153 e. The van der Waals surface area contributed by atoms with E-state index in [-0.39, 0.29) is 0 Å². The maximum absolute atomic E-state index is 6.11. The predicted octanol–water partition coefficient (Wildman–Crippen LogP) is 3.18. The van der Waals surface area contributed by atoms with E-state index in [1.807, 2.05) is 24.3 Å². The highest BCUT2D eigenvalue weighted by atomic mass is 79.9. The normalized spacial score (nSPS) is 10.6. The number of rotatable bonds is 1. The third kappa shape index (κ3) is 1.54. The number of alkyl halides is 1. The molecule has 4 heteroatoms. The van der Waals surface area contributed by atoms with Crippen LogP contribution in [0.2, 0.25) is 5.02 Å². The van der Waals surface area contributed by atoms with Gasteiger partial charge in [-0.3, -0.25) is 0 Å². The topological polar surface area (TPSA) is 25.8 Å². The van der Waals surface area contributed by atoms with Gasteiger partial charge in [-0.15, -0.1) is 0 Å². The van der Waals surface area contributed by atoms with Crippen molar-refractivity contribution in [2.45, 2.75) is 5.33 Å². The molecule has 66 valence electrons. The van der Waals surface area contributed by atoms with Crippen LogP contribution in [0.15, 0.2) is 24.3 Å². The van der Waals surface area contributed by atoms with Gasteiger partial charge in [-0.2, -0.15) is 10.2 Å². The van der Waals surface area contributed by atoms with Gasteiger partial charge in [0, 0.05) is 10.7 Å². The van der Waals surface area contributed by atoms with Crippen LogP contribution in [0, 0.1) is 0 Å². The van der Waals surface area contributed by atoms with Gasteiger partial charge in [-0.25, -0.2) is 0 Å². The van der Waals surface area contributed by atoms with Crippen molar-refractivity contribution in [2.24, 2.45) is 0 Å². The summed E-state index contributed by atoms with van der Waals surface area (Å²) < 4.78 is 0. The fourth-order valence-electron chi connectivity index (χ4n) is 1.15. The van der Waals surface area contributed by atoms with E-state index in [0.29, 0.717) is 10.4 Å². The third-order valence-corrected chi connectivity index (χ3v) is 2.75. The Kier molecular flexibility index (Phi) is 2.47. The molecule has 0 saturated carbocycles. The van der Waals surface area contributed by atoms with Gasteiger partial charge in [0.15, 0.2) is 0 Å². The molecule has 1 heterocycles. The van der Waals surface area contributed by atoms with E-state index in [2.05, 4.69) is 26.1 Å². The lowest BCUT2D eigenvalue weighted by molar-refractivity contribution is 1.01. The number of nitrogens with zero attached hydrogens (tertiary/aromatic N) is 2. The minimum Gasteiger partial charge on any atom is -0.153 e. The monoisotopic (exact) mass is 256 g/mol. The van der Waals surface area contributed by atoms with Crippen molar-refractivity contribution >= 4 is 38.4 Å². The first-order valence-electron chi connectivity index (χ1n) is 3.78. The molecule has 13 heavy (non-hydrogen) atoms. The van der Waals surface area contributed by atoms with Crippen molar-refractivity contribution in [3.63, 3.8) is 0 Å². The summed E-state index contributed by atoms with van der Waals surface area (Å²) in [5.74, 6) is 0. The summed E-state index contributed by atoms with van der Waals surface area (Å²) in [6.07, 6.45) is 0. The fourth-order valence-corrected chi connectivity index (χ4v) is 1.96. The molecular formula is C9H6BrClN2. The molecule has 0 spiro atoms. The third-order valence-electron chi connectivity index (χ3n) is 1.80. The van der Waals surface area contributed by atoms with E-state index in [0.717, 1.165) is 16.6 Å². The van der Waals surface area contributed by atoms with E-state index in [1.54, 1.807) is 0 Å². The van der Waals surface area contributed by atoms with E-state index >= 15 is 0 Å². The number of aromatic nitrogens is 2. The number of benzene rings is 1. The fraction of sp³-hybridized carbons (Fsp3) is 0.111. The molecule has 0 saturated heterocycles. The lowest BCUT2D eigenvalue weighted by Gasteiger charge is -2.01. The molecule has 0 amide bonds. The molecule has 1 aromatic heterocycles. The van der Waals surface area contributed by atoms with Crippen molar-refractivity contribution in [2.75, 3.05) is 0 Å². The Bertz CT molecular complexity index is 445. The summed E-state index contributed by atoms with van der Waals surface area (Å²) >= 11 is 9.42. The minimum absolute atomic E-state index is 0.629. The van der Waals surface area contributed by atoms with E-state index < -0.39 is 0 Å². The van der Waals surface area contributed by atoms with Gasteiger partial charge in [-0.05, 0) is 6.07 Å². The lowest BCUT2D eigenvalue weighted by Crippen LogP contribution is -1.92. The SMILES string of the molecule is Clc1c(CBr)nnc2ccccc12. The first-order valence-corrected chi connectivity index (χ1v) is 5.28. The molecule has 0 radical (unpaired) electrons. The second kappa shape index (κ2) is 3.60. The van der Waals surface area contributed by atoms with Crippen molar-refractivity contribution in [3.8, 4) is 0 Å². The van der Waals surface area contributed by atoms with Crippen molar-refractivity contribution in [3.05, 3.63) is 35.0 Å². The molecule has 0 fully saturated rings. The van der Waals surface area contributed by atoms with Crippen LogP contribution in [0.3, 0.4) is 0 Å². The van der Waals surface area contributed by atoms with Crippen molar-refractivity contribution in [1.29, 1.82) is 0 Å². The van der Waals surface area contributed by atoms with Gasteiger partial charge in [-0.1, -0.05) is 45.7 Å². The highest BCUT2D eigenvalue weighted by molar-refractivity contribution is 9.08. The summed E-state index contributed by atoms with van der Waals surface area (Å²) in [4.78, 5) is 0. The van der Waals surface area contributed by atoms with Gasteiger partial charge < -0.3 is 0 Å². The minimum atomic E-state index is 0.629. The number of halogens is 2. The molecule has 0 bridgehead atoms. The zero-order valence-electron chi connectivity index (χ0n) is 6.67. The van der Waals surface area contributed by atoms with Gasteiger partial charge in [0.1, 0.15) is 0 Å². The summed E-state index contributed by atoms with van der Waals surface area (Å²) in [5, 5.41) is 10.3. The average Bonchev–Trinajstić information content (AvgIpc) is 2.19. The lowest BCUT2D eigenvalue weighted by atomic mass is 10.2. The Morgan fingerprint density at radius 2 is 2.00 bits per heavy atom. The maximum Gasteiger partial charge on any atom is 0.0944 e. The Morgan fingerprint density at radius 3 is 2.77 bits per heavy atom. The zero-order valence-corrected chi connectivity index (χ0v) is 9.01. The van der Waals surface area contributed by atoms with E-state index in [9.17, 15) is 0 Å². The number of fused-ring (bicyclic) bond motifs is 1. The van der Waals surface area contributed by atoms with Crippen LogP contribution in [0.1, 0.15) is 5.69 Å². The van der Waals surface area contributed by atoms with Crippen LogP contribution in [0.25, 0.3) is 10.9 Å². The molecule has 0 N–H and O–H groups in total. The van der Waals surface area contributed by atoms with Gasteiger partial charge in [0.2, 0.25) is 0 Å². The number of hydrogen-bond acceptors (Lipinski definition) is 2. The van der Waals surface area contributed by atoms with Gasteiger partial charge in [0.25, 0.3) is 0 Å². The van der Waals surface area contributed by atoms with Crippen LogP contribution >= 0.6 is 27.5 Å². The summed E-state index contributed by atoms with van der Waals surface area (Å²) in [5.41, 5.74) is 1.61. The van der Waals surface area contributed by atoms with Crippen LogP contribution in [0.4, 0.5) is 0 Å². The molecule has 0 atom stereocenters. The first-order chi connectivity index (χ1) is 6.33. The summed E-state index contributed by atoms with van der Waals surface area (Å²) in [7, 11) is 0. The Balaban J connectivity index is 2.79. The molecular weight excluding hydrogens is 251 g/mol. The quantitative estimate of drug-likeness (QED) is 0.733. The van der Waals surface area contributed by atoms with Crippen LogP contribution in [0.5, 0.6) is 0 Å². The molecule has 1 aromatic carbocycles. The average molecular weight is 258 g/mol. The van der Waals surface area contributed by atoms with E-state index in [4.69, 9.17) is 11.6 Å².